The highest BCUT2D eigenvalue weighted by atomic mass is 16.6. The summed E-state index contributed by atoms with van der Waals surface area (Å²) < 4.78 is 10.2. The van der Waals surface area contributed by atoms with Gasteiger partial charge in [-0.25, -0.2) is 9.59 Å². The fourth-order valence-electron chi connectivity index (χ4n) is 1.44. The lowest BCUT2D eigenvalue weighted by molar-refractivity contribution is -0.148. The number of likely N-dealkylation sites (N-methyl/N-ethyl adjacent to an activating group) is 1. The van der Waals surface area contributed by atoms with E-state index in [9.17, 15) is 9.59 Å². The molecule has 0 aromatic rings. The molecule has 5 heteroatoms. The predicted octanol–water partition coefficient (Wildman–Crippen LogP) is 3.08. The van der Waals surface area contributed by atoms with Crippen LogP contribution >= 0.6 is 0 Å². The number of amides is 1. The molecule has 0 N–H and O–H groups in total. The Morgan fingerprint density at radius 1 is 1.00 bits per heavy atom. The van der Waals surface area contributed by atoms with E-state index in [0.29, 0.717) is 19.1 Å². The molecule has 1 amide bonds. The maximum atomic E-state index is 11.8. The Labute approximate surface area is 122 Å². The third kappa shape index (κ3) is 8.02. The first-order valence-corrected chi connectivity index (χ1v) is 7.31. The first-order valence-electron chi connectivity index (χ1n) is 7.31. The zero-order chi connectivity index (χ0) is 15.7. The smallest absolute Gasteiger partial charge is 0.410 e. The van der Waals surface area contributed by atoms with Gasteiger partial charge >= 0.3 is 12.1 Å². The van der Waals surface area contributed by atoms with Gasteiger partial charge in [0.2, 0.25) is 0 Å². The van der Waals surface area contributed by atoms with Gasteiger partial charge in [0.15, 0.2) is 0 Å². The van der Waals surface area contributed by atoms with Gasteiger partial charge in [-0.2, -0.15) is 0 Å². The summed E-state index contributed by atoms with van der Waals surface area (Å²) >= 11 is 0. The van der Waals surface area contributed by atoms with Crippen LogP contribution < -0.4 is 0 Å². The molecule has 118 valence electrons. The van der Waals surface area contributed by atoms with E-state index in [1.807, 2.05) is 13.8 Å². The summed E-state index contributed by atoms with van der Waals surface area (Å²) in [5.41, 5.74) is 0. The van der Waals surface area contributed by atoms with Crippen molar-refractivity contribution in [3.8, 4) is 0 Å². The van der Waals surface area contributed by atoms with Gasteiger partial charge in [-0.05, 0) is 31.6 Å². The van der Waals surface area contributed by atoms with Crippen LogP contribution in [0.15, 0.2) is 0 Å². The fourth-order valence-corrected chi connectivity index (χ4v) is 1.44. The Morgan fingerprint density at radius 2 is 1.60 bits per heavy atom. The zero-order valence-corrected chi connectivity index (χ0v) is 13.6. The van der Waals surface area contributed by atoms with E-state index in [1.165, 1.54) is 4.90 Å². The standard InChI is InChI=1S/C15H29NO4/c1-11(2)8-7-9-19-14(17)13(5)16(6)15(18)20-10-12(3)4/h11-13H,7-10H2,1-6H3. The quantitative estimate of drug-likeness (QED) is 0.508. The second-order valence-corrected chi connectivity index (χ2v) is 5.96. The molecule has 0 aromatic heterocycles. The molecule has 0 saturated heterocycles. The molecule has 0 radical (unpaired) electrons. The van der Waals surface area contributed by atoms with Crippen molar-refractivity contribution in [2.75, 3.05) is 20.3 Å². The Bertz CT molecular complexity index is 302. The molecule has 1 atom stereocenters. The molecule has 0 fully saturated rings. The molecule has 0 bridgehead atoms. The molecule has 0 aromatic carbocycles. The van der Waals surface area contributed by atoms with Gasteiger partial charge in [-0.15, -0.1) is 0 Å². The summed E-state index contributed by atoms with van der Waals surface area (Å²) in [6, 6.07) is -0.631. The second kappa shape index (κ2) is 9.61. The topological polar surface area (TPSA) is 55.8 Å². The molecule has 0 aliphatic carbocycles. The molecule has 0 aliphatic heterocycles. The number of carbonyl (C=O) groups excluding carboxylic acids is 2. The van der Waals surface area contributed by atoms with Gasteiger partial charge in [0.25, 0.3) is 0 Å². The van der Waals surface area contributed by atoms with Crippen LogP contribution in [-0.4, -0.2) is 43.3 Å². The van der Waals surface area contributed by atoms with Crippen molar-refractivity contribution in [2.45, 2.75) is 53.5 Å². The van der Waals surface area contributed by atoms with Crippen LogP contribution in [0.2, 0.25) is 0 Å². The number of hydrogen-bond donors (Lipinski definition) is 0. The Morgan fingerprint density at radius 3 is 2.10 bits per heavy atom. The van der Waals surface area contributed by atoms with Crippen molar-refractivity contribution in [3.63, 3.8) is 0 Å². The minimum atomic E-state index is -0.631. The molecule has 0 heterocycles. The number of carbonyl (C=O) groups is 2. The van der Waals surface area contributed by atoms with E-state index < -0.39 is 18.1 Å². The largest absolute Gasteiger partial charge is 0.464 e. The van der Waals surface area contributed by atoms with Crippen molar-refractivity contribution in [1.82, 2.24) is 4.90 Å². The van der Waals surface area contributed by atoms with Gasteiger partial charge in [0.1, 0.15) is 6.04 Å². The number of rotatable bonds is 8. The Hall–Kier alpha value is -1.26. The van der Waals surface area contributed by atoms with Gasteiger partial charge < -0.3 is 9.47 Å². The van der Waals surface area contributed by atoms with Crippen molar-refractivity contribution in [1.29, 1.82) is 0 Å². The van der Waals surface area contributed by atoms with Crippen LogP contribution in [0.4, 0.5) is 4.79 Å². The highest BCUT2D eigenvalue weighted by molar-refractivity contribution is 5.80. The van der Waals surface area contributed by atoms with Crippen molar-refractivity contribution >= 4 is 12.1 Å². The minimum Gasteiger partial charge on any atom is -0.464 e. The van der Waals surface area contributed by atoms with E-state index in [-0.39, 0.29) is 5.92 Å². The maximum Gasteiger partial charge on any atom is 0.410 e. The van der Waals surface area contributed by atoms with Gasteiger partial charge in [-0.3, -0.25) is 4.90 Å². The van der Waals surface area contributed by atoms with Crippen LogP contribution in [-0.2, 0) is 14.3 Å². The van der Waals surface area contributed by atoms with E-state index in [2.05, 4.69) is 13.8 Å². The average Bonchev–Trinajstić information content (AvgIpc) is 2.38. The molecule has 0 rings (SSSR count). The molecule has 0 saturated carbocycles. The lowest BCUT2D eigenvalue weighted by Gasteiger charge is -2.23. The number of nitrogens with zero attached hydrogens (tertiary/aromatic N) is 1. The van der Waals surface area contributed by atoms with Gasteiger partial charge in [0, 0.05) is 7.05 Å². The maximum absolute atomic E-state index is 11.8. The molecular weight excluding hydrogens is 258 g/mol. The molecule has 5 nitrogen and oxygen atoms in total. The zero-order valence-electron chi connectivity index (χ0n) is 13.6. The average molecular weight is 287 g/mol. The SMILES string of the molecule is CC(C)CCCOC(=O)C(C)N(C)C(=O)OCC(C)C. The summed E-state index contributed by atoms with van der Waals surface area (Å²) in [5, 5.41) is 0. The van der Waals surface area contributed by atoms with Crippen LogP contribution in [0.3, 0.4) is 0 Å². The summed E-state index contributed by atoms with van der Waals surface area (Å²) in [6.07, 6.45) is 1.37. The highest BCUT2D eigenvalue weighted by Gasteiger charge is 2.24. The van der Waals surface area contributed by atoms with Crippen LogP contribution in [0.5, 0.6) is 0 Å². The van der Waals surface area contributed by atoms with Crippen molar-refractivity contribution < 1.29 is 19.1 Å². The van der Waals surface area contributed by atoms with E-state index >= 15 is 0 Å². The fraction of sp³-hybridized carbons (Fsp3) is 0.867. The van der Waals surface area contributed by atoms with E-state index in [0.717, 1.165) is 12.8 Å². The number of ether oxygens (including phenoxy) is 2. The Kier molecular flexibility index (Phi) is 9.01. The van der Waals surface area contributed by atoms with Crippen molar-refractivity contribution in [3.05, 3.63) is 0 Å². The lowest BCUT2D eigenvalue weighted by atomic mass is 10.1. The molecular formula is C15H29NO4. The molecule has 20 heavy (non-hydrogen) atoms. The molecule has 1 unspecified atom stereocenters. The summed E-state index contributed by atoms with van der Waals surface area (Å²) in [6.45, 7) is 10.6. The normalized spacial score (nSPS) is 12.4. The first kappa shape index (κ1) is 18.7. The summed E-state index contributed by atoms with van der Waals surface area (Å²) in [7, 11) is 1.54. The predicted molar refractivity (Wildman–Crippen MR) is 78.4 cm³/mol. The van der Waals surface area contributed by atoms with E-state index in [1.54, 1.807) is 14.0 Å². The third-order valence-electron chi connectivity index (χ3n) is 2.92. The Balaban J connectivity index is 4.05. The number of hydrogen-bond acceptors (Lipinski definition) is 4. The van der Waals surface area contributed by atoms with Crippen LogP contribution in [0.25, 0.3) is 0 Å². The highest BCUT2D eigenvalue weighted by Crippen LogP contribution is 2.06. The first-order chi connectivity index (χ1) is 9.25. The van der Waals surface area contributed by atoms with Crippen LogP contribution in [0, 0.1) is 11.8 Å². The number of esters is 1. The summed E-state index contributed by atoms with van der Waals surface area (Å²) in [5.74, 6) is 0.475. The lowest BCUT2D eigenvalue weighted by Crippen LogP contribution is -2.42. The van der Waals surface area contributed by atoms with E-state index in [4.69, 9.17) is 9.47 Å². The molecule has 0 spiro atoms. The van der Waals surface area contributed by atoms with Crippen molar-refractivity contribution in [2.24, 2.45) is 11.8 Å². The molecule has 0 aliphatic rings. The minimum absolute atomic E-state index is 0.269. The summed E-state index contributed by atoms with van der Waals surface area (Å²) in [4.78, 5) is 24.8. The van der Waals surface area contributed by atoms with Gasteiger partial charge in [-0.1, -0.05) is 27.7 Å². The monoisotopic (exact) mass is 287 g/mol. The second-order valence-electron chi connectivity index (χ2n) is 5.96. The van der Waals surface area contributed by atoms with Gasteiger partial charge in [0.05, 0.1) is 13.2 Å². The third-order valence-corrected chi connectivity index (χ3v) is 2.92. The van der Waals surface area contributed by atoms with Crippen LogP contribution in [0.1, 0.15) is 47.5 Å².